The minimum atomic E-state index is 0. The van der Waals surface area contributed by atoms with Gasteiger partial charge in [-0.05, 0) is 38.1 Å². The normalized spacial score (nSPS) is 10.9. The molecular formula is C16H22ClIN4OS. The smallest absolute Gasteiger partial charge is 0.191 e. The number of thiazole rings is 1. The molecule has 0 bridgehead atoms. The van der Waals surface area contributed by atoms with E-state index in [2.05, 4.69) is 20.6 Å². The second-order valence-corrected chi connectivity index (χ2v) is 6.62. The fourth-order valence-corrected chi connectivity index (χ4v) is 2.99. The number of hydrogen-bond donors (Lipinski definition) is 2. The van der Waals surface area contributed by atoms with Gasteiger partial charge in [-0.3, -0.25) is 4.99 Å². The predicted molar refractivity (Wildman–Crippen MR) is 112 cm³/mol. The molecule has 132 valence electrons. The average molecular weight is 481 g/mol. The third-order valence-corrected chi connectivity index (χ3v) is 4.44. The molecule has 2 rings (SSSR count). The van der Waals surface area contributed by atoms with Gasteiger partial charge in [0.15, 0.2) is 5.96 Å². The lowest BCUT2D eigenvalue weighted by Gasteiger charge is -2.12. The van der Waals surface area contributed by atoms with Crippen LogP contribution in [0, 0.1) is 13.8 Å². The topological polar surface area (TPSA) is 58.5 Å². The molecule has 0 aliphatic carbocycles. The molecule has 0 saturated heterocycles. The van der Waals surface area contributed by atoms with Crippen LogP contribution in [0.4, 0.5) is 0 Å². The van der Waals surface area contributed by atoms with E-state index in [1.807, 2.05) is 38.1 Å². The Morgan fingerprint density at radius 2 is 1.96 bits per heavy atom. The molecule has 24 heavy (non-hydrogen) atoms. The summed E-state index contributed by atoms with van der Waals surface area (Å²) in [6, 6.07) is 7.32. The van der Waals surface area contributed by atoms with Gasteiger partial charge >= 0.3 is 0 Å². The van der Waals surface area contributed by atoms with E-state index in [1.165, 1.54) is 4.88 Å². The Kier molecular flexibility index (Phi) is 9.38. The van der Waals surface area contributed by atoms with Crippen LogP contribution in [0.2, 0.25) is 5.02 Å². The summed E-state index contributed by atoms with van der Waals surface area (Å²) in [5, 5.41) is 8.29. The van der Waals surface area contributed by atoms with Crippen molar-refractivity contribution >= 4 is 52.9 Å². The fraction of sp³-hybridized carbons (Fsp3) is 0.375. The van der Waals surface area contributed by atoms with Gasteiger partial charge in [0.05, 0.1) is 23.8 Å². The maximum atomic E-state index is 5.84. The Morgan fingerprint density at radius 1 is 1.25 bits per heavy atom. The maximum absolute atomic E-state index is 5.84. The first-order chi connectivity index (χ1) is 11.1. The van der Waals surface area contributed by atoms with E-state index in [9.17, 15) is 0 Å². The minimum absolute atomic E-state index is 0. The molecule has 0 aliphatic heterocycles. The van der Waals surface area contributed by atoms with E-state index < -0.39 is 0 Å². The zero-order valence-corrected chi connectivity index (χ0v) is 17.8. The summed E-state index contributed by atoms with van der Waals surface area (Å²) >= 11 is 7.54. The number of nitrogens with one attached hydrogen (secondary N) is 2. The summed E-state index contributed by atoms with van der Waals surface area (Å²) in [4.78, 5) is 9.85. The molecule has 8 heteroatoms. The summed E-state index contributed by atoms with van der Waals surface area (Å²) in [7, 11) is 1.75. The van der Waals surface area contributed by atoms with Crippen LogP contribution in [0.5, 0.6) is 5.75 Å². The second kappa shape index (κ2) is 10.7. The third kappa shape index (κ3) is 6.82. The zero-order chi connectivity index (χ0) is 16.7. The van der Waals surface area contributed by atoms with Crippen molar-refractivity contribution in [1.29, 1.82) is 0 Å². The van der Waals surface area contributed by atoms with Crippen molar-refractivity contribution in [3.8, 4) is 5.75 Å². The SMILES string of the molecule is CN=C(NCCOc1ccc(Cl)cc1)NCc1sc(C)nc1C.I. The molecule has 0 saturated carbocycles. The fourth-order valence-electron chi connectivity index (χ4n) is 1.99. The van der Waals surface area contributed by atoms with Crippen LogP contribution in [-0.4, -0.2) is 31.1 Å². The summed E-state index contributed by atoms with van der Waals surface area (Å²) in [6.07, 6.45) is 0. The molecule has 0 amide bonds. The standard InChI is InChI=1S/C16H21ClN4OS.HI/c1-11-15(23-12(2)21-11)10-20-16(18-3)19-8-9-22-14-6-4-13(17)5-7-14;/h4-7H,8-10H2,1-3H3,(H2,18,19,20);1H. The molecule has 0 atom stereocenters. The van der Waals surface area contributed by atoms with E-state index in [0.717, 1.165) is 29.0 Å². The molecule has 5 nitrogen and oxygen atoms in total. The molecular weight excluding hydrogens is 459 g/mol. The monoisotopic (exact) mass is 480 g/mol. The van der Waals surface area contributed by atoms with Gasteiger partial charge in [0, 0.05) is 16.9 Å². The van der Waals surface area contributed by atoms with Crippen molar-refractivity contribution in [2.24, 2.45) is 4.99 Å². The van der Waals surface area contributed by atoms with Crippen LogP contribution in [0.3, 0.4) is 0 Å². The van der Waals surface area contributed by atoms with Gasteiger partial charge in [0.1, 0.15) is 12.4 Å². The average Bonchev–Trinajstić information content (AvgIpc) is 2.86. The van der Waals surface area contributed by atoms with Gasteiger partial charge in [-0.15, -0.1) is 35.3 Å². The predicted octanol–water partition coefficient (Wildman–Crippen LogP) is 3.78. The maximum Gasteiger partial charge on any atom is 0.191 e. The number of rotatable bonds is 6. The van der Waals surface area contributed by atoms with Crippen molar-refractivity contribution < 1.29 is 4.74 Å². The van der Waals surface area contributed by atoms with Gasteiger partial charge in [-0.1, -0.05) is 11.6 Å². The number of ether oxygens (including phenoxy) is 1. The lowest BCUT2D eigenvalue weighted by atomic mass is 10.3. The Balaban J connectivity index is 0.00000288. The number of aryl methyl sites for hydroxylation is 2. The number of halogens is 2. The highest BCUT2D eigenvalue weighted by atomic mass is 127. The molecule has 0 aliphatic rings. The molecule has 2 aromatic rings. The quantitative estimate of drug-likeness (QED) is 0.286. The third-order valence-electron chi connectivity index (χ3n) is 3.12. The molecule has 0 spiro atoms. The summed E-state index contributed by atoms with van der Waals surface area (Å²) in [5.41, 5.74) is 1.07. The second-order valence-electron chi connectivity index (χ2n) is 4.90. The van der Waals surface area contributed by atoms with E-state index in [-0.39, 0.29) is 24.0 Å². The Labute approximate surface area is 168 Å². The van der Waals surface area contributed by atoms with Crippen molar-refractivity contribution in [3.63, 3.8) is 0 Å². The summed E-state index contributed by atoms with van der Waals surface area (Å²) in [5.74, 6) is 1.55. The molecule has 1 aromatic heterocycles. The van der Waals surface area contributed by atoms with E-state index in [1.54, 1.807) is 18.4 Å². The summed E-state index contributed by atoms with van der Waals surface area (Å²) < 4.78 is 5.63. The Bertz CT molecular complexity index is 661. The molecule has 0 unspecified atom stereocenters. The Hall–Kier alpha value is -1.06. The number of guanidine groups is 1. The number of aliphatic imine (C=N–C) groups is 1. The highest BCUT2D eigenvalue weighted by Gasteiger charge is 2.05. The van der Waals surface area contributed by atoms with Gasteiger partial charge in [0.2, 0.25) is 0 Å². The van der Waals surface area contributed by atoms with Crippen LogP contribution >= 0.6 is 46.9 Å². The number of aromatic nitrogens is 1. The molecule has 0 fully saturated rings. The minimum Gasteiger partial charge on any atom is -0.492 e. The summed E-state index contributed by atoms with van der Waals surface area (Å²) in [6.45, 7) is 5.96. The van der Waals surface area contributed by atoms with Crippen molar-refractivity contribution in [1.82, 2.24) is 15.6 Å². The van der Waals surface area contributed by atoms with Crippen LogP contribution in [-0.2, 0) is 6.54 Å². The lowest BCUT2D eigenvalue weighted by Crippen LogP contribution is -2.38. The lowest BCUT2D eigenvalue weighted by molar-refractivity contribution is 0.322. The van der Waals surface area contributed by atoms with Crippen molar-refractivity contribution in [2.75, 3.05) is 20.2 Å². The first-order valence-electron chi connectivity index (χ1n) is 7.34. The zero-order valence-electron chi connectivity index (χ0n) is 13.9. The first kappa shape index (κ1) is 21.0. The van der Waals surface area contributed by atoms with Gasteiger partial charge < -0.3 is 15.4 Å². The van der Waals surface area contributed by atoms with Crippen LogP contribution in [0.1, 0.15) is 15.6 Å². The number of benzene rings is 1. The van der Waals surface area contributed by atoms with Gasteiger partial charge in [-0.25, -0.2) is 4.98 Å². The molecule has 1 aromatic carbocycles. The van der Waals surface area contributed by atoms with E-state index >= 15 is 0 Å². The number of hydrogen-bond acceptors (Lipinski definition) is 4. The highest BCUT2D eigenvalue weighted by molar-refractivity contribution is 14.0. The van der Waals surface area contributed by atoms with E-state index in [4.69, 9.17) is 16.3 Å². The van der Waals surface area contributed by atoms with Crippen LogP contribution in [0.15, 0.2) is 29.3 Å². The Morgan fingerprint density at radius 3 is 2.54 bits per heavy atom. The highest BCUT2D eigenvalue weighted by Crippen LogP contribution is 2.16. The van der Waals surface area contributed by atoms with Gasteiger partial charge in [-0.2, -0.15) is 0 Å². The number of nitrogens with zero attached hydrogens (tertiary/aromatic N) is 2. The first-order valence-corrected chi connectivity index (χ1v) is 8.53. The van der Waals surface area contributed by atoms with Crippen molar-refractivity contribution in [2.45, 2.75) is 20.4 Å². The van der Waals surface area contributed by atoms with E-state index in [0.29, 0.717) is 18.2 Å². The molecule has 1 heterocycles. The van der Waals surface area contributed by atoms with Gasteiger partial charge in [0.25, 0.3) is 0 Å². The van der Waals surface area contributed by atoms with Crippen LogP contribution in [0.25, 0.3) is 0 Å². The van der Waals surface area contributed by atoms with Crippen LogP contribution < -0.4 is 15.4 Å². The molecule has 0 radical (unpaired) electrons. The molecule has 2 N–H and O–H groups in total. The van der Waals surface area contributed by atoms with Crippen molar-refractivity contribution in [3.05, 3.63) is 44.9 Å². The largest absolute Gasteiger partial charge is 0.492 e.